The third-order valence-electron chi connectivity index (χ3n) is 3.03. The maximum Gasteiger partial charge on any atom is 0.336 e. The maximum absolute atomic E-state index is 11.2. The van der Waals surface area contributed by atoms with Gasteiger partial charge in [-0.3, -0.25) is 0 Å². The Balaban J connectivity index is 2.32. The van der Waals surface area contributed by atoms with Gasteiger partial charge in [-0.25, -0.2) is 9.59 Å². The molecule has 1 aromatic rings. The largest absolute Gasteiger partial charge is 0.478 e. The van der Waals surface area contributed by atoms with Crippen LogP contribution in [0.2, 0.25) is 0 Å². The lowest BCUT2D eigenvalue weighted by Gasteiger charge is -2.29. The first kappa shape index (κ1) is 14.1. The van der Waals surface area contributed by atoms with Gasteiger partial charge in [0, 0.05) is 24.9 Å². The van der Waals surface area contributed by atoms with E-state index in [0.29, 0.717) is 24.9 Å². The number of carbonyl (C=O) groups is 2. The molecular weight excluding hydrogens is 262 g/mol. The summed E-state index contributed by atoms with van der Waals surface area (Å²) in [6.45, 7) is 2.71. The van der Waals surface area contributed by atoms with Crippen molar-refractivity contribution in [1.82, 2.24) is 0 Å². The molecule has 106 valence electrons. The Morgan fingerprint density at radius 2 is 1.90 bits per heavy atom. The molecule has 2 rings (SSSR count). The first-order valence-corrected chi connectivity index (χ1v) is 6.19. The predicted octanol–water partition coefficient (Wildman–Crippen LogP) is 1.08. The van der Waals surface area contributed by atoms with Crippen LogP contribution in [0, 0.1) is 0 Å². The van der Waals surface area contributed by atoms with Crippen LogP contribution in [0.15, 0.2) is 30.3 Å². The monoisotopic (exact) mass is 277 g/mol. The smallest absolute Gasteiger partial charge is 0.336 e. The summed E-state index contributed by atoms with van der Waals surface area (Å²) < 4.78 is 5.26. The molecule has 2 N–H and O–H groups in total. The number of morpholine rings is 1. The molecule has 0 atom stereocenters. The van der Waals surface area contributed by atoms with Gasteiger partial charge < -0.3 is 19.8 Å². The summed E-state index contributed by atoms with van der Waals surface area (Å²) in [7, 11) is 0. The van der Waals surface area contributed by atoms with Crippen LogP contribution >= 0.6 is 0 Å². The minimum atomic E-state index is -1.28. The fourth-order valence-electron chi connectivity index (χ4n) is 2.08. The topological polar surface area (TPSA) is 87.1 Å². The Hall–Kier alpha value is -2.34. The molecule has 1 fully saturated rings. The number of aliphatic carboxylic acids is 2. The Morgan fingerprint density at radius 3 is 2.50 bits per heavy atom. The van der Waals surface area contributed by atoms with Crippen LogP contribution < -0.4 is 4.90 Å². The van der Waals surface area contributed by atoms with Crippen LogP contribution in [0.25, 0.3) is 5.57 Å². The Bertz CT molecular complexity index is 546. The number of hydrogen-bond acceptors (Lipinski definition) is 4. The van der Waals surface area contributed by atoms with Gasteiger partial charge in [-0.05, 0) is 17.7 Å². The van der Waals surface area contributed by atoms with Crippen molar-refractivity contribution in [1.29, 1.82) is 0 Å². The van der Waals surface area contributed by atoms with Crippen LogP contribution in [0.3, 0.4) is 0 Å². The second-order valence-corrected chi connectivity index (χ2v) is 4.35. The molecule has 0 spiro atoms. The average Bonchev–Trinajstić information content (AvgIpc) is 2.45. The highest BCUT2D eigenvalue weighted by Gasteiger charge is 2.15. The van der Waals surface area contributed by atoms with Crippen molar-refractivity contribution >= 4 is 23.2 Å². The Morgan fingerprint density at radius 1 is 1.20 bits per heavy atom. The second kappa shape index (κ2) is 6.21. The zero-order chi connectivity index (χ0) is 14.5. The number of carboxylic acids is 2. The van der Waals surface area contributed by atoms with Crippen LogP contribution in [-0.2, 0) is 14.3 Å². The lowest BCUT2D eigenvalue weighted by atomic mass is 10.0. The highest BCUT2D eigenvalue weighted by Crippen LogP contribution is 2.22. The molecule has 1 saturated heterocycles. The van der Waals surface area contributed by atoms with E-state index in [1.807, 2.05) is 6.07 Å². The molecule has 20 heavy (non-hydrogen) atoms. The van der Waals surface area contributed by atoms with E-state index in [9.17, 15) is 9.59 Å². The summed E-state index contributed by atoms with van der Waals surface area (Å²) in [5, 5.41) is 17.9. The third kappa shape index (κ3) is 3.36. The van der Waals surface area contributed by atoms with Crippen LogP contribution in [0.5, 0.6) is 0 Å². The molecule has 1 aliphatic heterocycles. The molecule has 6 heteroatoms. The highest BCUT2D eigenvalue weighted by molar-refractivity contribution is 6.19. The summed E-state index contributed by atoms with van der Waals surface area (Å²) in [6.07, 6.45) is 0.709. The Labute approximate surface area is 115 Å². The van der Waals surface area contributed by atoms with Crippen molar-refractivity contribution in [2.75, 3.05) is 31.2 Å². The van der Waals surface area contributed by atoms with Crippen molar-refractivity contribution in [3.05, 3.63) is 35.9 Å². The molecular formula is C14H15NO5. The van der Waals surface area contributed by atoms with Gasteiger partial charge in [-0.15, -0.1) is 0 Å². The van der Waals surface area contributed by atoms with Crippen molar-refractivity contribution in [2.24, 2.45) is 0 Å². The van der Waals surface area contributed by atoms with E-state index in [4.69, 9.17) is 14.9 Å². The van der Waals surface area contributed by atoms with Crippen molar-refractivity contribution in [3.63, 3.8) is 0 Å². The summed E-state index contributed by atoms with van der Waals surface area (Å²) in [6, 6.07) is 6.87. The third-order valence-corrected chi connectivity index (χ3v) is 3.03. The highest BCUT2D eigenvalue weighted by atomic mass is 16.5. The SMILES string of the molecule is O=C(O)/C=C(/C(=O)O)c1cccc(N2CCOCC2)c1. The lowest BCUT2D eigenvalue weighted by molar-refractivity contribution is -0.133. The molecule has 0 unspecified atom stereocenters. The molecule has 0 radical (unpaired) electrons. The Kier molecular flexibility index (Phi) is 4.37. The summed E-state index contributed by atoms with van der Waals surface area (Å²) in [5.74, 6) is -2.54. The summed E-state index contributed by atoms with van der Waals surface area (Å²) in [4.78, 5) is 23.9. The van der Waals surface area contributed by atoms with E-state index in [2.05, 4.69) is 4.90 Å². The first-order valence-electron chi connectivity index (χ1n) is 6.19. The van der Waals surface area contributed by atoms with Gasteiger partial charge in [0.15, 0.2) is 0 Å². The minimum absolute atomic E-state index is 0.229. The maximum atomic E-state index is 11.2. The van der Waals surface area contributed by atoms with Crippen molar-refractivity contribution < 1.29 is 24.5 Å². The van der Waals surface area contributed by atoms with E-state index in [0.717, 1.165) is 18.8 Å². The average molecular weight is 277 g/mol. The van der Waals surface area contributed by atoms with Gasteiger partial charge in [-0.2, -0.15) is 0 Å². The molecule has 1 heterocycles. The van der Waals surface area contributed by atoms with Crippen LogP contribution in [0.4, 0.5) is 5.69 Å². The molecule has 1 aromatic carbocycles. The predicted molar refractivity (Wildman–Crippen MR) is 72.7 cm³/mol. The van der Waals surface area contributed by atoms with Gasteiger partial charge in [0.2, 0.25) is 0 Å². The fraction of sp³-hybridized carbons (Fsp3) is 0.286. The fourth-order valence-corrected chi connectivity index (χ4v) is 2.08. The van der Waals surface area contributed by atoms with Crippen LogP contribution in [0.1, 0.15) is 5.56 Å². The first-order chi connectivity index (χ1) is 9.58. The summed E-state index contributed by atoms with van der Waals surface area (Å²) in [5.41, 5.74) is 1.01. The molecule has 0 amide bonds. The molecule has 0 aromatic heterocycles. The van der Waals surface area contributed by atoms with Crippen molar-refractivity contribution in [3.8, 4) is 0 Å². The van der Waals surface area contributed by atoms with Crippen molar-refractivity contribution in [2.45, 2.75) is 0 Å². The molecule has 0 aliphatic carbocycles. The number of anilines is 1. The minimum Gasteiger partial charge on any atom is -0.478 e. The van der Waals surface area contributed by atoms with Gasteiger partial charge in [0.1, 0.15) is 0 Å². The zero-order valence-corrected chi connectivity index (χ0v) is 10.8. The molecule has 6 nitrogen and oxygen atoms in total. The van der Waals surface area contributed by atoms with E-state index in [1.165, 1.54) is 0 Å². The lowest BCUT2D eigenvalue weighted by Crippen LogP contribution is -2.36. The van der Waals surface area contributed by atoms with Gasteiger partial charge in [-0.1, -0.05) is 12.1 Å². The molecule has 0 bridgehead atoms. The van der Waals surface area contributed by atoms with E-state index >= 15 is 0 Å². The number of rotatable bonds is 4. The van der Waals surface area contributed by atoms with Gasteiger partial charge >= 0.3 is 11.9 Å². The molecule has 0 saturated carbocycles. The van der Waals surface area contributed by atoms with Gasteiger partial charge in [0.25, 0.3) is 0 Å². The van der Waals surface area contributed by atoms with E-state index < -0.39 is 11.9 Å². The van der Waals surface area contributed by atoms with Gasteiger partial charge in [0.05, 0.1) is 18.8 Å². The number of hydrogen-bond donors (Lipinski definition) is 2. The number of nitrogens with zero attached hydrogens (tertiary/aromatic N) is 1. The zero-order valence-electron chi connectivity index (χ0n) is 10.8. The normalized spacial score (nSPS) is 16.0. The van der Waals surface area contributed by atoms with Crippen LogP contribution in [-0.4, -0.2) is 48.5 Å². The van der Waals surface area contributed by atoms with E-state index in [-0.39, 0.29) is 5.57 Å². The summed E-state index contributed by atoms with van der Waals surface area (Å²) >= 11 is 0. The quantitative estimate of drug-likeness (QED) is 0.801. The number of carboxylic acid groups (broad SMARTS) is 2. The van der Waals surface area contributed by atoms with E-state index in [1.54, 1.807) is 18.2 Å². The second-order valence-electron chi connectivity index (χ2n) is 4.35. The standard InChI is InChI=1S/C14H15NO5/c16-13(17)9-12(14(18)19)10-2-1-3-11(8-10)15-4-6-20-7-5-15/h1-3,8-9H,4-7H2,(H,16,17)(H,18,19)/b12-9+. The number of benzene rings is 1. The number of ether oxygens (including phenoxy) is 1. The molecule has 1 aliphatic rings.